The molecular weight excluding hydrogens is 232 g/mol. The molecule has 88 valence electrons. The summed E-state index contributed by atoms with van der Waals surface area (Å²) in [6.45, 7) is 3.66. The Morgan fingerprint density at radius 2 is 2.44 bits per heavy atom. The number of nitrogens with one attached hydrogen (secondary N) is 2. The molecule has 0 amide bonds. The minimum atomic E-state index is -1.17. The topological polar surface area (TPSA) is 79.2 Å². The zero-order chi connectivity index (χ0) is 11.7. The highest BCUT2D eigenvalue weighted by molar-refractivity contribution is 6.31. The number of aromatic nitrogens is 2. The monoisotopic (exact) mass is 244 g/mol. The molecule has 16 heavy (non-hydrogen) atoms. The van der Waals surface area contributed by atoms with Gasteiger partial charge in [-0.15, -0.1) is 0 Å². The lowest BCUT2D eigenvalue weighted by Gasteiger charge is -2.29. The van der Waals surface area contributed by atoms with Gasteiger partial charge in [-0.1, -0.05) is 11.6 Å². The van der Waals surface area contributed by atoms with Crippen LogP contribution in [0.15, 0.2) is 6.20 Å². The Kier molecular flexibility index (Phi) is 3.13. The number of rotatable bonds is 1. The first-order chi connectivity index (χ1) is 7.59. The second-order valence-electron chi connectivity index (χ2n) is 3.86. The Labute approximate surface area is 97.6 Å². The van der Waals surface area contributed by atoms with Crippen molar-refractivity contribution in [3.63, 3.8) is 0 Å². The average Bonchev–Trinajstić information content (AvgIpc) is 2.60. The van der Waals surface area contributed by atoms with E-state index in [0.717, 1.165) is 17.8 Å². The molecule has 7 heteroatoms. The Bertz CT molecular complexity index is 406. The summed E-state index contributed by atoms with van der Waals surface area (Å²) in [6, 6.07) is 0.326. The smallest absolute Gasteiger partial charge is 0.433 e. The SMILES string of the molecule is CC1CNCC(c2cnn(C(=O)O)c2Cl)N1. The van der Waals surface area contributed by atoms with Crippen LogP contribution in [0.3, 0.4) is 0 Å². The van der Waals surface area contributed by atoms with Gasteiger partial charge in [0.05, 0.1) is 6.20 Å². The Morgan fingerprint density at radius 1 is 1.69 bits per heavy atom. The molecular formula is C9H13ClN4O2. The zero-order valence-corrected chi connectivity index (χ0v) is 9.53. The van der Waals surface area contributed by atoms with Crippen molar-refractivity contribution in [1.82, 2.24) is 20.4 Å². The van der Waals surface area contributed by atoms with Gasteiger partial charge in [0, 0.05) is 30.7 Å². The molecule has 0 spiro atoms. The van der Waals surface area contributed by atoms with Crippen molar-refractivity contribution >= 4 is 17.7 Å². The predicted octanol–water partition coefficient (Wildman–Crippen LogP) is 0.685. The summed E-state index contributed by atoms with van der Waals surface area (Å²) >= 11 is 5.95. The maximum absolute atomic E-state index is 10.8. The van der Waals surface area contributed by atoms with E-state index in [1.54, 1.807) is 0 Å². The van der Waals surface area contributed by atoms with Crippen LogP contribution in [-0.2, 0) is 0 Å². The molecule has 0 saturated carbocycles. The first-order valence-electron chi connectivity index (χ1n) is 5.03. The highest BCUT2D eigenvalue weighted by Gasteiger charge is 2.24. The number of hydrogen-bond donors (Lipinski definition) is 3. The Balaban J connectivity index is 2.23. The minimum absolute atomic E-state index is 0.00403. The largest absolute Gasteiger partial charge is 0.463 e. The number of carbonyl (C=O) groups is 1. The van der Waals surface area contributed by atoms with Crippen molar-refractivity contribution in [2.24, 2.45) is 0 Å². The maximum atomic E-state index is 10.8. The van der Waals surface area contributed by atoms with E-state index in [2.05, 4.69) is 22.7 Å². The van der Waals surface area contributed by atoms with Gasteiger partial charge in [0.1, 0.15) is 5.15 Å². The van der Waals surface area contributed by atoms with Crippen LogP contribution >= 0.6 is 11.6 Å². The van der Waals surface area contributed by atoms with Gasteiger partial charge in [-0.25, -0.2) is 4.79 Å². The lowest BCUT2D eigenvalue weighted by atomic mass is 10.1. The number of halogens is 1. The van der Waals surface area contributed by atoms with E-state index in [9.17, 15) is 4.79 Å². The van der Waals surface area contributed by atoms with Crippen molar-refractivity contribution in [1.29, 1.82) is 0 Å². The van der Waals surface area contributed by atoms with E-state index in [1.165, 1.54) is 6.20 Å². The van der Waals surface area contributed by atoms with Crippen molar-refractivity contribution in [3.8, 4) is 0 Å². The van der Waals surface area contributed by atoms with Gasteiger partial charge in [0.25, 0.3) is 0 Å². The predicted molar refractivity (Wildman–Crippen MR) is 58.9 cm³/mol. The van der Waals surface area contributed by atoms with Gasteiger partial charge in [-0.05, 0) is 6.92 Å². The van der Waals surface area contributed by atoms with Crippen molar-refractivity contribution < 1.29 is 9.90 Å². The van der Waals surface area contributed by atoms with Gasteiger partial charge in [-0.3, -0.25) is 0 Å². The molecule has 0 radical (unpaired) electrons. The number of carboxylic acid groups (broad SMARTS) is 1. The van der Waals surface area contributed by atoms with E-state index in [4.69, 9.17) is 16.7 Å². The molecule has 2 rings (SSSR count). The average molecular weight is 245 g/mol. The summed E-state index contributed by atoms with van der Waals surface area (Å²) in [6.07, 6.45) is 0.321. The molecule has 0 bridgehead atoms. The number of nitrogens with zero attached hydrogens (tertiary/aromatic N) is 2. The maximum Gasteiger partial charge on any atom is 0.433 e. The van der Waals surface area contributed by atoms with Gasteiger partial charge >= 0.3 is 6.09 Å². The normalized spacial score (nSPS) is 25.6. The summed E-state index contributed by atoms with van der Waals surface area (Å²) in [4.78, 5) is 10.8. The molecule has 2 atom stereocenters. The molecule has 2 unspecified atom stereocenters. The summed E-state index contributed by atoms with van der Waals surface area (Å²) in [5.41, 5.74) is 0.711. The van der Waals surface area contributed by atoms with Crippen LogP contribution in [0, 0.1) is 0 Å². The van der Waals surface area contributed by atoms with Crippen molar-refractivity contribution in [2.45, 2.75) is 19.0 Å². The van der Waals surface area contributed by atoms with Gasteiger partial charge in [0.15, 0.2) is 0 Å². The highest BCUT2D eigenvalue weighted by atomic mass is 35.5. The first kappa shape index (κ1) is 11.4. The molecule has 1 aromatic heterocycles. The van der Waals surface area contributed by atoms with Crippen LogP contribution in [0.25, 0.3) is 0 Å². The quantitative estimate of drug-likeness (QED) is 0.677. The van der Waals surface area contributed by atoms with E-state index in [-0.39, 0.29) is 11.2 Å². The molecule has 0 aromatic carbocycles. The van der Waals surface area contributed by atoms with Crippen LogP contribution < -0.4 is 10.6 Å². The molecule has 3 N–H and O–H groups in total. The second-order valence-corrected chi connectivity index (χ2v) is 4.22. The Hall–Kier alpha value is -1.11. The highest BCUT2D eigenvalue weighted by Crippen LogP contribution is 2.23. The van der Waals surface area contributed by atoms with E-state index >= 15 is 0 Å². The van der Waals surface area contributed by atoms with Crippen LogP contribution in [0.2, 0.25) is 5.15 Å². The summed E-state index contributed by atoms with van der Waals surface area (Å²) < 4.78 is 0.776. The van der Waals surface area contributed by atoms with Gasteiger partial charge in [0.2, 0.25) is 0 Å². The number of piperazine rings is 1. The van der Waals surface area contributed by atoms with E-state index in [1.807, 2.05) is 0 Å². The van der Waals surface area contributed by atoms with E-state index < -0.39 is 6.09 Å². The van der Waals surface area contributed by atoms with Crippen LogP contribution in [-0.4, -0.2) is 40.1 Å². The van der Waals surface area contributed by atoms with Crippen molar-refractivity contribution in [2.75, 3.05) is 13.1 Å². The lowest BCUT2D eigenvalue weighted by Crippen LogP contribution is -2.48. The third kappa shape index (κ3) is 2.04. The summed E-state index contributed by atoms with van der Waals surface area (Å²) in [5.74, 6) is 0. The Morgan fingerprint density at radius 3 is 3.00 bits per heavy atom. The fourth-order valence-corrected chi connectivity index (χ4v) is 2.11. The molecule has 1 aliphatic rings. The second kappa shape index (κ2) is 4.40. The fraction of sp³-hybridized carbons (Fsp3) is 0.556. The molecule has 6 nitrogen and oxygen atoms in total. The minimum Gasteiger partial charge on any atom is -0.463 e. The molecule has 1 saturated heterocycles. The zero-order valence-electron chi connectivity index (χ0n) is 8.77. The molecule has 0 aliphatic carbocycles. The van der Waals surface area contributed by atoms with Crippen LogP contribution in [0.1, 0.15) is 18.5 Å². The standard InChI is InChI=1S/C9H13ClN4O2/c1-5-2-11-4-7(13-5)6-3-12-14(8(6)10)9(15)16/h3,5,7,11,13H,2,4H2,1H3,(H,15,16). The van der Waals surface area contributed by atoms with E-state index in [0.29, 0.717) is 11.6 Å². The van der Waals surface area contributed by atoms with Gasteiger partial charge in [-0.2, -0.15) is 9.78 Å². The summed E-state index contributed by atoms with van der Waals surface area (Å²) in [7, 11) is 0. The fourth-order valence-electron chi connectivity index (χ4n) is 1.82. The van der Waals surface area contributed by atoms with Crippen molar-refractivity contribution in [3.05, 3.63) is 16.9 Å². The molecule has 2 heterocycles. The molecule has 1 aliphatic heterocycles. The van der Waals surface area contributed by atoms with Crippen LogP contribution in [0.4, 0.5) is 4.79 Å². The van der Waals surface area contributed by atoms with Crippen LogP contribution in [0.5, 0.6) is 0 Å². The third-order valence-corrected chi connectivity index (χ3v) is 2.96. The summed E-state index contributed by atoms with van der Waals surface area (Å²) in [5, 5.41) is 19.3. The first-order valence-corrected chi connectivity index (χ1v) is 5.41. The molecule has 1 aromatic rings. The third-order valence-electron chi connectivity index (χ3n) is 2.58. The number of hydrogen-bond acceptors (Lipinski definition) is 4. The lowest BCUT2D eigenvalue weighted by molar-refractivity contribution is 0.192. The molecule has 1 fully saturated rings. The van der Waals surface area contributed by atoms with Gasteiger partial charge < -0.3 is 15.7 Å².